The molecule has 0 fully saturated rings. The first kappa shape index (κ1) is 20.0. The van der Waals surface area contributed by atoms with E-state index < -0.39 is 0 Å². The van der Waals surface area contributed by atoms with Crippen LogP contribution in [0.2, 0.25) is 0 Å². The minimum Gasteiger partial charge on any atom is -0.493 e. The highest BCUT2D eigenvalue weighted by Crippen LogP contribution is 2.28. The quantitative estimate of drug-likeness (QED) is 0.516. The van der Waals surface area contributed by atoms with Gasteiger partial charge >= 0.3 is 0 Å². The molecule has 0 bridgehead atoms. The summed E-state index contributed by atoms with van der Waals surface area (Å²) in [5.74, 6) is 1.96. The van der Waals surface area contributed by atoms with Crippen molar-refractivity contribution in [2.45, 2.75) is 13.8 Å². The molecule has 2 rings (SSSR count). The smallest absolute Gasteiger partial charge is 0.262 e. The van der Waals surface area contributed by atoms with Crippen LogP contribution in [-0.2, 0) is 4.79 Å². The fraction of sp³-hybridized carbons (Fsp3) is 0.316. The number of hydrazine groups is 1. The van der Waals surface area contributed by atoms with Gasteiger partial charge in [-0.1, -0.05) is 19.9 Å². The summed E-state index contributed by atoms with van der Waals surface area (Å²) >= 11 is 0. The Morgan fingerprint density at radius 2 is 2.00 bits per heavy atom. The molecular formula is C19H24N4O4. The van der Waals surface area contributed by atoms with Crippen LogP contribution in [-0.4, -0.2) is 36.7 Å². The van der Waals surface area contributed by atoms with E-state index >= 15 is 0 Å². The second-order valence-corrected chi connectivity index (χ2v) is 5.99. The lowest BCUT2D eigenvalue weighted by Crippen LogP contribution is -2.28. The SMILES string of the molecule is COc1ccnc(NNC(=O)/C=C/c2ccc(OCC(C)C)c(OC)c2)n1. The molecule has 2 N–H and O–H groups in total. The van der Waals surface area contributed by atoms with Crippen LogP contribution in [0.25, 0.3) is 6.08 Å². The molecule has 0 saturated heterocycles. The van der Waals surface area contributed by atoms with Crippen LogP contribution in [0.1, 0.15) is 19.4 Å². The molecular weight excluding hydrogens is 348 g/mol. The van der Waals surface area contributed by atoms with Crippen molar-refractivity contribution in [2.24, 2.45) is 5.92 Å². The Morgan fingerprint density at radius 3 is 2.70 bits per heavy atom. The van der Waals surface area contributed by atoms with Gasteiger partial charge in [-0.05, 0) is 29.7 Å². The maximum absolute atomic E-state index is 11.9. The fourth-order valence-electron chi connectivity index (χ4n) is 2.01. The number of rotatable bonds is 9. The lowest BCUT2D eigenvalue weighted by molar-refractivity contribution is -0.116. The van der Waals surface area contributed by atoms with Crippen molar-refractivity contribution in [3.63, 3.8) is 0 Å². The first-order chi connectivity index (χ1) is 13.0. The average molecular weight is 372 g/mol. The van der Waals surface area contributed by atoms with E-state index in [0.29, 0.717) is 29.9 Å². The molecule has 0 saturated carbocycles. The van der Waals surface area contributed by atoms with Crippen LogP contribution in [0.3, 0.4) is 0 Å². The Bertz CT molecular complexity index is 793. The van der Waals surface area contributed by atoms with Crippen molar-refractivity contribution in [1.29, 1.82) is 0 Å². The molecule has 0 atom stereocenters. The topological polar surface area (TPSA) is 94.6 Å². The maximum atomic E-state index is 11.9. The van der Waals surface area contributed by atoms with E-state index in [-0.39, 0.29) is 11.9 Å². The average Bonchev–Trinajstić information content (AvgIpc) is 2.69. The largest absolute Gasteiger partial charge is 0.493 e. The number of nitrogens with zero attached hydrogens (tertiary/aromatic N) is 2. The van der Waals surface area contributed by atoms with Crippen molar-refractivity contribution >= 4 is 17.9 Å². The molecule has 0 aliphatic carbocycles. The number of methoxy groups -OCH3 is 2. The van der Waals surface area contributed by atoms with Gasteiger partial charge in [0.1, 0.15) is 0 Å². The molecule has 27 heavy (non-hydrogen) atoms. The van der Waals surface area contributed by atoms with Gasteiger partial charge in [0.2, 0.25) is 11.8 Å². The molecule has 0 unspecified atom stereocenters. The highest BCUT2D eigenvalue weighted by molar-refractivity contribution is 5.92. The van der Waals surface area contributed by atoms with Gasteiger partial charge in [-0.25, -0.2) is 4.98 Å². The molecule has 0 radical (unpaired) electrons. The van der Waals surface area contributed by atoms with Gasteiger partial charge in [-0.15, -0.1) is 0 Å². The first-order valence-corrected chi connectivity index (χ1v) is 8.43. The van der Waals surface area contributed by atoms with Gasteiger partial charge in [0.25, 0.3) is 5.91 Å². The molecule has 1 heterocycles. The van der Waals surface area contributed by atoms with Crippen molar-refractivity contribution in [3.8, 4) is 17.4 Å². The zero-order valence-electron chi connectivity index (χ0n) is 15.9. The van der Waals surface area contributed by atoms with E-state index in [1.54, 1.807) is 25.3 Å². The molecule has 1 aromatic carbocycles. The van der Waals surface area contributed by atoms with E-state index in [9.17, 15) is 4.79 Å². The van der Waals surface area contributed by atoms with Crippen LogP contribution >= 0.6 is 0 Å². The number of ether oxygens (including phenoxy) is 3. The minimum atomic E-state index is -0.361. The van der Waals surface area contributed by atoms with Crippen LogP contribution in [0, 0.1) is 5.92 Å². The van der Waals surface area contributed by atoms with Crippen LogP contribution in [0.5, 0.6) is 17.4 Å². The van der Waals surface area contributed by atoms with Gasteiger partial charge in [0, 0.05) is 18.3 Å². The Hall–Kier alpha value is -3.29. The second kappa shape index (κ2) is 10.0. The number of aromatic nitrogens is 2. The number of carbonyl (C=O) groups excluding carboxylic acids is 1. The highest BCUT2D eigenvalue weighted by atomic mass is 16.5. The fourth-order valence-corrected chi connectivity index (χ4v) is 2.01. The normalized spacial score (nSPS) is 10.7. The van der Waals surface area contributed by atoms with Crippen molar-refractivity contribution in [2.75, 3.05) is 26.3 Å². The van der Waals surface area contributed by atoms with Crippen LogP contribution in [0.15, 0.2) is 36.5 Å². The summed E-state index contributed by atoms with van der Waals surface area (Å²) in [7, 11) is 3.08. The summed E-state index contributed by atoms with van der Waals surface area (Å²) in [5.41, 5.74) is 5.90. The number of carbonyl (C=O) groups is 1. The summed E-state index contributed by atoms with van der Waals surface area (Å²) in [4.78, 5) is 19.9. The Morgan fingerprint density at radius 1 is 1.19 bits per heavy atom. The third-order valence-electron chi connectivity index (χ3n) is 3.32. The maximum Gasteiger partial charge on any atom is 0.262 e. The molecule has 2 aromatic rings. The molecule has 1 aromatic heterocycles. The summed E-state index contributed by atoms with van der Waals surface area (Å²) in [6, 6.07) is 7.08. The zero-order valence-corrected chi connectivity index (χ0v) is 15.9. The molecule has 1 amide bonds. The molecule has 144 valence electrons. The number of nitrogens with one attached hydrogen (secondary N) is 2. The summed E-state index contributed by atoms with van der Waals surface area (Å²) in [6.45, 7) is 4.76. The number of benzene rings is 1. The lowest BCUT2D eigenvalue weighted by Gasteiger charge is -2.12. The Kier molecular flexibility index (Phi) is 7.42. The zero-order chi connectivity index (χ0) is 19.6. The number of anilines is 1. The van der Waals surface area contributed by atoms with E-state index in [1.807, 2.05) is 12.1 Å². The molecule has 0 spiro atoms. The number of hydrogen-bond donors (Lipinski definition) is 2. The van der Waals surface area contributed by atoms with Crippen molar-refractivity contribution < 1.29 is 19.0 Å². The molecule has 8 heteroatoms. The third-order valence-corrected chi connectivity index (χ3v) is 3.32. The summed E-state index contributed by atoms with van der Waals surface area (Å²) in [6.07, 6.45) is 4.57. The van der Waals surface area contributed by atoms with Gasteiger partial charge < -0.3 is 14.2 Å². The number of hydrogen-bond acceptors (Lipinski definition) is 7. The molecule has 8 nitrogen and oxygen atoms in total. The van der Waals surface area contributed by atoms with Crippen LogP contribution < -0.4 is 25.1 Å². The van der Waals surface area contributed by atoms with E-state index in [1.165, 1.54) is 19.4 Å². The van der Waals surface area contributed by atoms with Crippen molar-refractivity contribution in [1.82, 2.24) is 15.4 Å². The van der Waals surface area contributed by atoms with Crippen molar-refractivity contribution in [3.05, 3.63) is 42.1 Å². The minimum absolute atomic E-state index is 0.226. The van der Waals surface area contributed by atoms with Gasteiger partial charge in [0.05, 0.1) is 20.8 Å². The second-order valence-electron chi connectivity index (χ2n) is 5.99. The van der Waals surface area contributed by atoms with Gasteiger partial charge in [-0.3, -0.25) is 15.6 Å². The van der Waals surface area contributed by atoms with E-state index in [2.05, 4.69) is 34.7 Å². The third kappa shape index (κ3) is 6.50. The standard InChI is InChI=1S/C19H24N4O4/c1-13(2)12-27-15-7-5-14(11-16(15)25-3)6-8-17(24)22-23-19-20-10-9-18(21-19)26-4/h5-11,13H,12H2,1-4H3,(H,22,24)(H,20,21,23)/b8-6+. The van der Waals surface area contributed by atoms with E-state index in [0.717, 1.165) is 5.56 Å². The van der Waals surface area contributed by atoms with E-state index in [4.69, 9.17) is 14.2 Å². The van der Waals surface area contributed by atoms with Gasteiger partial charge in [0.15, 0.2) is 11.5 Å². The predicted octanol–water partition coefficient (Wildman–Crippen LogP) is 2.69. The Balaban J connectivity index is 1.94. The molecule has 0 aliphatic rings. The monoisotopic (exact) mass is 372 g/mol. The summed E-state index contributed by atoms with van der Waals surface area (Å²) < 4.78 is 16.1. The predicted molar refractivity (Wildman–Crippen MR) is 103 cm³/mol. The van der Waals surface area contributed by atoms with Gasteiger partial charge in [-0.2, -0.15) is 4.98 Å². The molecule has 0 aliphatic heterocycles. The highest BCUT2D eigenvalue weighted by Gasteiger charge is 2.06. The lowest BCUT2D eigenvalue weighted by atomic mass is 10.2. The number of amides is 1. The summed E-state index contributed by atoms with van der Waals surface area (Å²) in [5, 5.41) is 0. The Labute approximate surface area is 158 Å². The first-order valence-electron chi connectivity index (χ1n) is 8.43. The van der Waals surface area contributed by atoms with Crippen LogP contribution in [0.4, 0.5) is 5.95 Å².